The Labute approximate surface area is 145 Å². The quantitative estimate of drug-likeness (QED) is 0.797. The van der Waals surface area contributed by atoms with Crippen LogP contribution in [0, 0.1) is 13.8 Å². The average Bonchev–Trinajstić information content (AvgIpc) is 3.21. The summed E-state index contributed by atoms with van der Waals surface area (Å²) < 4.78 is 11.5. The van der Waals surface area contributed by atoms with Gasteiger partial charge in [0.05, 0.1) is 12.1 Å². The molecule has 0 aliphatic carbocycles. The van der Waals surface area contributed by atoms with Gasteiger partial charge >= 0.3 is 0 Å². The summed E-state index contributed by atoms with van der Waals surface area (Å²) in [6, 6.07) is 5.19. The van der Waals surface area contributed by atoms with E-state index in [0.29, 0.717) is 12.1 Å². The van der Waals surface area contributed by atoms with E-state index >= 15 is 0 Å². The van der Waals surface area contributed by atoms with Crippen molar-refractivity contribution in [3.05, 3.63) is 34.4 Å². The van der Waals surface area contributed by atoms with Crippen molar-refractivity contribution in [2.45, 2.75) is 65.5 Å². The summed E-state index contributed by atoms with van der Waals surface area (Å²) in [5.41, 5.74) is 5.17. The SMILES string of the molecule is CCC1COC(Cc2cc(CC3=NC(CC)CO3)c(C)cc2C)=N1. The second kappa shape index (κ2) is 7.37. The molecule has 2 atom stereocenters. The van der Waals surface area contributed by atoms with Gasteiger partial charge in [-0.1, -0.05) is 26.0 Å². The van der Waals surface area contributed by atoms with Crippen molar-refractivity contribution in [3.8, 4) is 0 Å². The Hall–Kier alpha value is -1.84. The lowest BCUT2D eigenvalue weighted by atomic mass is 9.96. The van der Waals surface area contributed by atoms with Gasteiger partial charge in [-0.15, -0.1) is 0 Å². The summed E-state index contributed by atoms with van der Waals surface area (Å²) >= 11 is 0. The fourth-order valence-electron chi connectivity index (χ4n) is 3.21. The molecule has 2 aliphatic rings. The van der Waals surface area contributed by atoms with E-state index in [4.69, 9.17) is 9.47 Å². The zero-order chi connectivity index (χ0) is 17.1. The monoisotopic (exact) mass is 328 g/mol. The van der Waals surface area contributed by atoms with Crippen LogP contribution in [0.1, 0.15) is 48.9 Å². The van der Waals surface area contributed by atoms with Gasteiger partial charge in [0.2, 0.25) is 0 Å². The van der Waals surface area contributed by atoms with Crippen LogP contribution in [0.15, 0.2) is 22.1 Å². The molecule has 0 amide bonds. The summed E-state index contributed by atoms with van der Waals surface area (Å²) in [6.07, 6.45) is 3.63. The van der Waals surface area contributed by atoms with Crippen molar-refractivity contribution in [2.24, 2.45) is 9.98 Å². The van der Waals surface area contributed by atoms with Crippen molar-refractivity contribution >= 4 is 11.8 Å². The first kappa shape index (κ1) is 17.0. The molecule has 0 N–H and O–H groups in total. The van der Waals surface area contributed by atoms with Gasteiger partial charge in [0.15, 0.2) is 11.8 Å². The smallest absolute Gasteiger partial charge is 0.188 e. The number of hydrogen-bond acceptors (Lipinski definition) is 4. The molecule has 0 radical (unpaired) electrons. The van der Waals surface area contributed by atoms with Crippen molar-refractivity contribution in [1.82, 2.24) is 0 Å². The van der Waals surface area contributed by atoms with Gasteiger partial charge in [-0.25, -0.2) is 9.98 Å². The second-order valence-corrected chi connectivity index (χ2v) is 6.85. The second-order valence-electron chi connectivity index (χ2n) is 6.85. The molecular weight excluding hydrogens is 300 g/mol. The van der Waals surface area contributed by atoms with Gasteiger partial charge in [0.25, 0.3) is 0 Å². The molecule has 4 nitrogen and oxygen atoms in total. The molecule has 2 heterocycles. The maximum atomic E-state index is 5.75. The predicted molar refractivity (Wildman–Crippen MR) is 98.3 cm³/mol. The predicted octanol–water partition coefficient (Wildman–Crippen LogP) is 3.80. The molecule has 24 heavy (non-hydrogen) atoms. The number of aliphatic imine (C=N–C) groups is 2. The largest absolute Gasteiger partial charge is 0.478 e. The number of ether oxygens (including phenoxy) is 2. The molecular formula is C20H28N2O2. The van der Waals surface area contributed by atoms with E-state index in [1.54, 1.807) is 0 Å². The third kappa shape index (κ3) is 3.80. The first-order chi connectivity index (χ1) is 11.6. The highest BCUT2D eigenvalue weighted by molar-refractivity contribution is 5.82. The molecule has 0 fully saturated rings. The van der Waals surface area contributed by atoms with E-state index in [9.17, 15) is 0 Å². The molecule has 1 aromatic rings. The molecule has 0 spiro atoms. The minimum atomic E-state index is 0.331. The number of hydrogen-bond donors (Lipinski definition) is 0. The molecule has 2 unspecified atom stereocenters. The number of benzene rings is 1. The highest BCUT2D eigenvalue weighted by Gasteiger charge is 2.20. The number of aryl methyl sites for hydroxylation is 2. The fourth-order valence-corrected chi connectivity index (χ4v) is 3.21. The van der Waals surface area contributed by atoms with Crippen LogP contribution in [0.25, 0.3) is 0 Å². The first-order valence-electron chi connectivity index (χ1n) is 9.07. The molecule has 0 saturated carbocycles. The van der Waals surface area contributed by atoms with E-state index in [1.165, 1.54) is 22.3 Å². The Bertz CT molecular complexity index is 611. The lowest BCUT2D eigenvalue weighted by Gasteiger charge is -2.12. The Balaban J connectivity index is 1.76. The van der Waals surface area contributed by atoms with Crippen LogP contribution in [0.4, 0.5) is 0 Å². The van der Waals surface area contributed by atoms with Crippen LogP contribution < -0.4 is 0 Å². The third-order valence-electron chi connectivity index (χ3n) is 4.96. The molecule has 3 rings (SSSR count). The lowest BCUT2D eigenvalue weighted by molar-refractivity contribution is 0.309. The van der Waals surface area contributed by atoms with E-state index in [0.717, 1.165) is 50.7 Å². The maximum absolute atomic E-state index is 5.75. The van der Waals surface area contributed by atoms with Crippen molar-refractivity contribution in [2.75, 3.05) is 13.2 Å². The van der Waals surface area contributed by atoms with Crippen molar-refractivity contribution < 1.29 is 9.47 Å². The van der Waals surface area contributed by atoms with Crippen LogP contribution in [0.5, 0.6) is 0 Å². The molecule has 2 aliphatic heterocycles. The van der Waals surface area contributed by atoms with E-state index in [1.807, 2.05) is 0 Å². The normalized spacial score (nSPS) is 22.8. The Kier molecular flexibility index (Phi) is 5.22. The zero-order valence-electron chi connectivity index (χ0n) is 15.3. The molecule has 130 valence electrons. The minimum absolute atomic E-state index is 0.331. The molecule has 4 heteroatoms. The zero-order valence-corrected chi connectivity index (χ0v) is 15.3. The van der Waals surface area contributed by atoms with Gasteiger partial charge < -0.3 is 9.47 Å². The molecule has 0 bridgehead atoms. The average molecular weight is 328 g/mol. The number of nitrogens with zero attached hydrogens (tertiary/aromatic N) is 2. The summed E-state index contributed by atoms with van der Waals surface area (Å²) in [5.74, 6) is 1.75. The van der Waals surface area contributed by atoms with Gasteiger partial charge in [-0.05, 0) is 48.9 Å². The molecule has 0 aromatic heterocycles. The maximum Gasteiger partial charge on any atom is 0.188 e. The summed E-state index contributed by atoms with van der Waals surface area (Å²) in [7, 11) is 0. The Morgan fingerprint density at radius 1 is 0.833 bits per heavy atom. The van der Waals surface area contributed by atoms with Gasteiger partial charge in [-0.3, -0.25) is 0 Å². The Morgan fingerprint density at radius 2 is 1.29 bits per heavy atom. The minimum Gasteiger partial charge on any atom is -0.478 e. The summed E-state index contributed by atoms with van der Waals surface area (Å²) in [6.45, 7) is 10.1. The van der Waals surface area contributed by atoms with Crippen LogP contribution in [-0.2, 0) is 22.3 Å². The fraction of sp³-hybridized carbons (Fsp3) is 0.600. The van der Waals surface area contributed by atoms with Crippen molar-refractivity contribution in [1.29, 1.82) is 0 Å². The van der Waals surface area contributed by atoms with Crippen LogP contribution in [0.2, 0.25) is 0 Å². The van der Waals surface area contributed by atoms with Crippen molar-refractivity contribution in [3.63, 3.8) is 0 Å². The van der Waals surface area contributed by atoms with E-state index in [2.05, 4.69) is 49.8 Å². The van der Waals surface area contributed by atoms with E-state index < -0.39 is 0 Å². The van der Waals surface area contributed by atoms with Gasteiger partial charge in [0, 0.05) is 12.8 Å². The standard InChI is InChI=1S/C20H28N2O2/c1-5-17-11-23-19(21-17)9-15-8-16(14(4)7-13(15)3)10-20-22-18(6-2)12-24-20/h7-8,17-18H,5-6,9-12H2,1-4H3. The molecule has 1 aromatic carbocycles. The summed E-state index contributed by atoms with van der Waals surface area (Å²) in [5, 5.41) is 0. The third-order valence-corrected chi connectivity index (χ3v) is 4.96. The highest BCUT2D eigenvalue weighted by Crippen LogP contribution is 2.21. The first-order valence-corrected chi connectivity index (χ1v) is 9.07. The topological polar surface area (TPSA) is 43.2 Å². The number of rotatable bonds is 6. The van der Waals surface area contributed by atoms with Gasteiger partial charge in [0.1, 0.15) is 13.2 Å². The van der Waals surface area contributed by atoms with E-state index in [-0.39, 0.29) is 0 Å². The van der Waals surface area contributed by atoms with Crippen LogP contribution >= 0.6 is 0 Å². The Morgan fingerprint density at radius 3 is 1.67 bits per heavy atom. The van der Waals surface area contributed by atoms with Crippen LogP contribution in [0.3, 0.4) is 0 Å². The lowest BCUT2D eigenvalue weighted by Crippen LogP contribution is -2.09. The molecule has 0 saturated heterocycles. The summed E-state index contributed by atoms with van der Waals surface area (Å²) in [4.78, 5) is 9.33. The highest BCUT2D eigenvalue weighted by atomic mass is 16.5. The van der Waals surface area contributed by atoms with Crippen LogP contribution in [-0.4, -0.2) is 37.1 Å². The van der Waals surface area contributed by atoms with Gasteiger partial charge in [-0.2, -0.15) is 0 Å².